The lowest BCUT2D eigenvalue weighted by Gasteiger charge is -2.17. The number of ether oxygens (including phenoxy) is 1. The van der Waals surface area contributed by atoms with Crippen molar-refractivity contribution >= 4 is 23.0 Å². The number of anilines is 1. The SMILES string of the molecule is CCOC(=O)C(Nc1ccccc1F)c1ccc(C)s1. The Morgan fingerprint density at radius 3 is 2.70 bits per heavy atom. The molecule has 2 rings (SSSR count). The first-order valence-corrected chi connectivity index (χ1v) is 7.17. The summed E-state index contributed by atoms with van der Waals surface area (Å²) in [6, 6.07) is 9.37. The third-order valence-electron chi connectivity index (χ3n) is 2.74. The van der Waals surface area contributed by atoms with E-state index < -0.39 is 17.8 Å². The van der Waals surface area contributed by atoms with Crippen LogP contribution in [0.15, 0.2) is 36.4 Å². The molecule has 0 radical (unpaired) electrons. The number of hydrogen-bond donors (Lipinski definition) is 1. The Balaban J connectivity index is 2.27. The first kappa shape index (κ1) is 14.5. The van der Waals surface area contributed by atoms with Crippen LogP contribution in [-0.2, 0) is 9.53 Å². The molecule has 3 nitrogen and oxygen atoms in total. The molecule has 5 heteroatoms. The van der Waals surface area contributed by atoms with Gasteiger partial charge in [-0.3, -0.25) is 0 Å². The van der Waals surface area contributed by atoms with E-state index in [1.54, 1.807) is 25.1 Å². The highest BCUT2D eigenvalue weighted by molar-refractivity contribution is 7.12. The molecule has 0 amide bonds. The highest BCUT2D eigenvalue weighted by Crippen LogP contribution is 2.28. The zero-order chi connectivity index (χ0) is 14.5. The molecule has 2 aromatic rings. The van der Waals surface area contributed by atoms with Crippen LogP contribution < -0.4 is 5.32 Å². The van der Waals surface area contributed by atoms with E-state index in [1.165, 1.54) is 17.4 Å². The summed E-state index contributed by atoms with van der Waals surface area (Å²) < 4.78 is 18.8. The Labute approximate surface area is 121 Å². The van der Waals surface area contributed by atoms with Crippen molar-refractivity contribution in [2.24, 2.45) is 0 Å². The fourth-order valence-corrected chi connectivity index (χ4v) is 2.73. The lowest BCUT2D eigenvalue weighted by atomic mass is 10.2. The van der Waals surface area contributed by atoms with E-state index in [1.807, 2.05) is 19.1 Å². The van der Waals surface area contributed by atoms with Crippen molar-refractivity contribution in [2.45, 2.75) is 19.9 Å². The second-order valence-corrected chi connectivity index (χ2v) is 5.58. The molecular formula is C15H16FNO2S. The molecule has 106 valence electrons. The molecule has 0 aliphatic heterocycles. The van der Waals surface area contributed by atoms with Crippen LogP contribution in [0.2, 0.25) is 0 Å². The maximum atomic E-state index is 13.7. The molecular weight excluding hydrogens is 277 g/mol. The van der Waals surface area contributed by atoms with Gasteiger partial charge in [0.05, 0.1) is 12.3 Å². The van der Waals surface area contributed by atoms with Gasteiger partial charge in [0.15, 0.2) is 6.04 Å². The second-order valence-electron chi connectivity index (χ2n) is 4.26. The first-order valence-electron chi connectivity index (χ1n) is 6.36. The van der Waals surface area contributed by atoms with Crippen LogP contribution in [0.4, 0.5) is 10.1 Å². The van der Waals surface area contributed by atoms with E-state index in [0.29, 0.717) is 6.61 Å². The van der Waals surface area contributed by atoms with E-state index in [-0.39, 0.29) is 5.69 Å². The van der Waals surface area contributed by atoms with Gasteiger partial charge in [0.1, 0.15) is 5.82 Å². The summed E-state index contributed by atoms with van der Waals surface area (Å²) in [6.45, 7) is 4.00. The van der Waals surface area contributed by atoms with E-state index in [4.69, 9.17) is 4.74 Å². The minimum absolute atomic E-state index is 0.289. The number of esters is 1. The van der Waals surface area contributed by atoms with Gasteiger partial charge in [-0.05, 0) is 38.1 Å². The van der Waals surface area contributed by atoms with Gasteiger partial charge in [-0.25, -0.2) is 9.18 Å². The van der Waals surface area contributed by atoms with Crippen molar-refractivity contribution in [3.63, 3.8) is 0 Å². The number of nitrogens with one attached hydrogen (secondary N) is 1. The molecule has 1 unspecified atom stereocenters. The molecule has 1 aromatic heterocycles. The predicted octanol–water partition coefficient (Wildman–Crippen LogP) is 3.91. The largest absolute Gasteiger partial charge is 0.464 e. The Hall–Kier alpha value is -1.88. The van der Waals surface area contributed by atoms with Gasteiger partial charge < -0.3 is 10.1 Å². The molecule has 0 bridgehead atoms. The van der Waals surface area contributed by atoms with Crippen molar-refractivity contribution in [3.8, 4) is 0 Å². The monoisotopic (exact) mass is 293 g/mol. The maximum Gasteiger partial charge on any atom is 0.334 e. The highest BCUT2D eigenvalue weighted by Gasteiger charge is 2.24. The number of hydrogen-bond acceptors (Lipinski definition) is 4. The van der Waals surface area contributed by atoms with Crippen LogP contribution in [0.3, 0.4) is 0 Å². The second kappa shape index (κ2) is 6.52. The van der Waals surface area contributed by atoms with Gasteiger partial charge >= 0.3 is 5.97 Å². The van der Waals surface area contributed by atoms with Crippen molar-refractivity contribution in [3.05, 3.63) is 52.0 Å². The third kappa shape index (κ3) is 3.36. The molecule has 0 saturated heterocycles. The zero-order valence-corrected chi connectivity index (χ0v) is 12.2. The van der Waals surface area contributed by atoms with Gasteiger partial charge in [0.25, 0.3) is 0 Å². The first-order chi connectivity index (χ1) is 9.61. The molecule has 0 saturated carbocycles. The van der Waals surface area contributed by atoms with Gasteiger partial charge in [0.2, 0.25) is 0 Å². The fourth-order valence-electron chi connectivity index (χ4n) is 1.81. The van der Waals surface area contributed by atoms with Crippen molar-refractivity contribution in [2.75, 3.05) is 11.9 Å². The lowest BCUT2D eigenvalue weighted by molar-refractivity contribution is -0.144. The summed E-state index contributed by atoms with van der Waals surface area (Å²) in [4.78, 5) is 14.0. The number of benzene rings is 1. The van der Waals surface area contributed by atoms with Crippen LogP contribution in [-0.4, -0.2) is 12.6 Å². The van der Waals surface area contributed by atoms with Crippen LogP contribution in [0.1, 0.15) is 22.7 Å². The zero-order valence-electron chi connectivity index (χ0n) is 11.4. The number of halogens is 1. The Bertz CT molecular complexity index is 597. The molecule has 0 spiro atoms. The summed E-state index contributed by atoms with van der Waals surface area (Å²) in [5.41, 5.74) is 0.289. The minimum atomic E-state index is -0.689. The summed E-state index contributed by atoms with van der Waals surface area (Å²) >= 11 is 1.49. The number of aryl methyl sites for hydroxylation is 1. The van der Waals surface area contributed by atoms with Crippen LogP contribution in [0, 0.1) is 12.7 Å². The standard InChI is InChI=1S/C15H16FNO2S/c1-3-19-15(18)14(13-9-8-10(2)20-13)17-12-7-5-4-6-11(12)16/h4-9,14,17H,3H2,1-2H3. The molecule has 1 heterocycles. The van der Waals surface area contributed by atoms with E-state index >= 15 is 0 Å². The van der Waals surface area contributed by atoms with Gasteiger partial charge in [-0.15, -0.1) is 11.3 Å². The highest BCUT2D eigenvalue weighted by atomic mass is 32.1. The molecule has 1 atom stereocenters. The van der Waals surface area contributed by atoms with Gasteiger partial charge in [-0.1, -0.05) is 12.1 Å². The smallest absolute Gasteiger partial charge is 0.334 e. The summed E-state index contributed by atoms with van der Waals surface area (Å²) in [5.74, 6) is -0.798. The summed E-state index contributed by atoms with van der Waals surface area (Å²) in [7, 11) is 0. The van der Waals surface area contributed by atoms with E-state index in [2.05, 4.69) is 5.32 Å². The molecule has 0 aliphatic carbocycles. The topological polar surface area (TPSA) is 38.3 Å². The molecule has 0 fully saturated rings. The number of para-hydroxylation sites is 1. The predicted molar refractivity (Wildman–Crippen MR) is 78.5 cm³/mol. The normalized spacial score (nSPS) is 11.9. The summed E-state index contributed by atoms with van der Waals surface area (Å²) in [6.07, 6.45) is 0. The van der Waals surface area contributed by atoms with Gasteiger partial charge in [-0.2, -0.15) is 0 Å². The van der Waals surface area contributed by atoms with Crippen LogP contribution in [0.25, 0.3) is 0 Å². The van der Waals surface area contributed by atoms with Crippen LogP contribution >= 0.6 is 11.3 Å². The number of thiophene rings is 1. The Morgan fingerprint density at radius 2 is 2.10 bits per heavy atom. The Morgan fingerprint density at radius 1 is 1.35 bits per heavy atom. The lowest BCUT2D eigenvalue weighted by Crippen LogP contribution is -2.23. The molecule has 1 N–H and O–H groups in total. The van der Waals surface area contributed by atoms with E-state index in [0.717, 1.165) is 9.75 Å². The fraction of sp³-hybridized carbons (Fsp3) is 0.267. The van der Waals surface area contributed by atoms with E-state index in [9.17, 15) is 9.18 Å². The maximum absolute atomic E-state index is 13.7. The molecule has 20 heavy (non-hydrogen) atoms. The minimum Gasteiger partial charge on any atom is -0.464 e. The Kier molecular flexibility index (Phi) is 4.74. The van der Waals surface area contributed by atoms with Gasteiger partial charge in [0, 0.05) is 9.75 Å². The van der Waals surface area contributed by atoms with Crippen molar-refractivity contribution < 1.29 is 13.9 Å². The molecule has 1 aromatic carbocycles. The third-order valence-corrected chi connectivity index (χ3v) is 3.81. The number of rotatable bonds is 5. The summed E-state index contributed by atoms with van der Waals surface area (Å²) in [5, 5.41) is 2.92. The average molecular weight is 293 g/mol. The quantitative estimate of drug-likeness (QED) is 0.849. The number of carbonyl (C=O) groups is 1. The van der Waals surface area contributed by atoms with Crippen molar-refractivity contribution in [1.82, 2.24) is 0 Å². The number of carbonyl (C=O) groups excluding carboxylic acids is 1. The molecule has 0 aliphatic rings. The van der Waals surface area contributed by atoms with Crippen LogP contribution in [0.5, 0.6) is 0 Å². The van der Waals surface area contributed by atoms with Crippen molar-refractivity contribution in [1.29, 1.82) is 0 Å². The average Bonchev–Trinajstić information content (AvgIpc) is 2.84.